The summed E-state index contributed by atoms with van der Waals surface area (Å²) in [4.78, 5) is 0. The van der Waals surface area contributed by atoms with Crippen LogP contribution in [0.25, 0.3) is 11.0 Å². The van der Waals surface area contributed by atoms with Gasteiger partial charge in [0.2, 0.25) is 0 Å². The number of hydrogen-bond donors (Lipinski definition) is 1. The molecule has 2 N–H and O–H groups in total. The van der Waals surface area contributed by atoms with Crippen LogP contribution in [0, 0.1) is 6.92 Å². The summed E-state index contributed by atoms with van der Waals surface area (Å²) in [5, 5.41) is 1.01. The van der Waals surface area contributed by atoms with Crippen molar-refractivity contribution >= 4 is 11.0 Å². The van der Waals surface area contributed by atoms with Crippen molar-refractivity contribution in [3.8, 4) is 0 Å². The van der Waals surface area contributed by atoms with Crippen molar-refractivity contribution in [1.29, 1.82) is 0 Å². The number of benzene rings is 1. The zero-order valence-electron chi connectivity index (χ0n) is 7.96. The van der Waals surface area contributed by atoms with Crippen LogP contribution in [0.2, 0.25) is 0 Å². The van der Waals surface area contributed by atoms with E-state index in [4.69, 9.17) is 10.2 Å². The zero-order valence-corrected chi connectivity index (χ0v) is 7.96. The smallest absolute Gasteiger partial charge is 0.134 e. The number of aryl methyl sites for hydroxylation is 1. The molecule has 2 nitrogen and oxygen atoms in total. The molecule has 0 bridgehead atoms. The van der Waals surface area contributed by atoms with Gasteiger partial charge in [-0.3, -0.25) is 0 Å². The summed E-state index contributed by atoms with van der Waals surface area (Å²) in [5.41, 5.74) is 7.29. The molecule has 0 aliphatic heterocycles. The van der Waals surface area contributed by atoms with Crippen molar-refractivity contribution in [2.75, 3.05) is 6.67 Å². The molecule has 0 saturated heterocycles. The van der Waals surface area contributed by atoms with Gasteiger partial charge in [-0.2, -0.15) is 0 Å². The van der Waals surface area contributed by atoms with Crippen LogP contribution in [-0.4, -0.2) is 6.67 Å². The minimum absolute atomic E-state index is 0.550. The van der Waals surface area contributed by atoms with E-state index in [1.54, 1.807) is 0 Å². The molecule has 0 aliphatic carbocycles. The average Bonchev–Trinajstić information content (AvgIpc) is 2.56. The van der Waals surface area contributed by atoms with Crippen molar-refractivity contribution in [2.45, 2.75) is 13.0 Å². The topological polar surface area (TPSA) is 39.2 Å². The molecule has 0 spiro atoms. The Morgan fingerprint density at radius 3 is 2.79 bits per heavy atom. The van der Waals surface area contributed by atoms with E-state index in [9.17, 15) is 4.39 Å². The fraction of sp³-hybridized carbons (Fsp3) is 0.273. The minimum atomic E-state index is -0.651. The summed E-state index contributed by atoms with van der Waals surface area (Å²) in [6.45, 7) is 1.30. The molecule has 0 saturated carbocycles. The molecular formula is C11H12FNO. The number of para-hydroxylation sites is 1. The second-order valence-corrected chi connectivity index (χ2v) is 3.35. The molecule has 3 heteroatoms. The fourth-order valence-electron chi connectivity index (χ4n) is 1.62. The van der Waals surface area contributed by atoms with Crippen LogP contribution < -0.4 is 5.73 Å². The minimum Gasteiger partial charge on any atom is -0.459 e. The van der Waals surface area contributed by atoms with Gasteiger partial charge in [0.25, 0.3) is 0 Å². The van der Waals surface area contributed by atoms with Crippen LogP contribution in [0.15, 0.2) is 28.7 Å². The lowest BCUT2D eigenvalue weighted by Crippen LogP contribution is -2.12. The van der Waals surface area contributed by atoms with E-state index in [1.165, 1.54) is 0 Å². The lowest BCUT2D eigenvalue weighted by molar-refractivity contribution is 0.388. The van der Waals surface area contributed by atoms with Gasteiger partial charge >= 0.3 is 0 Å². The fourth-order valence-corrected chi connectivity index (χ4v) is 1.62. The first-order valence-electron chi connectivity index (χ1n) is 4.53. The Bertz CT molecular complexity index is 449. The van der Waals surface area contributed by atoms with Gasteiger partial charge in [-0.05, 0) is 13.0 Å². The molecule has 2 rings (SSSR count). The van der Waals surface area contributed by atoms with Crippen LogP contribution in [-0.2, 0) is 0 Å². The SMILES string of the molecule is Cc1c(C(N)CF)oc2ccccc12. The van der Waals surface area contributed by atoms with E-state index in [1.807, 2.05) is 31.2 Å². The molecule has 1 heterocycles. The largest absolute Gasteiger partial charge is 0.459 e. The maximum atomic E-state index is 12.4. The summed E-state index contributed by atoms with van der Waals surface area (Å²) in [6.07, 6.45) is 0. The van der Waals surface area contributed by atoms with Crippen molar-refractivity contribution < 1.29 is 8.81 Å². The highest BCUT2D eigenvalue weighted by Gasteiger charge is 2.15. The van der Waals surface area contributed by atoms with E-state index >= 15 is 0 Å². The highest BCUT2D eigenvalue weighted by Crippen LogP contribution is 2.28. The molecule has 74 valence electrons. The number of rotatable bonds is 2. The highest BCUT2D eigenvalue weighted by molar-refractivity contribution is 5.82. The normalized spacial score (nSPS) is 13.4. The first kappa shape index (κ1) is 9.21. The molecule has 2 aromatic rings. The lowest BCUT2D eigenvalue weighted by Gasteiger charge is -2.03. The van der Waals surface area contributed by atoms with Gasteiger partial charge in [0, 0.05) is 10.9 Å². The molecule has 0 amide bonds. The van der Waals surface area contributed by atoms with Crippen molar-refractivity contribution in [3.63, 3.8) is 0 Å². The van der Waals surface area contributed by atoms with Crippen LogP contribution >= 0.6 is 0 Å². The number of furan rings is 1. The number of alkyl halides is 1. The molecular weight excluding hydrogens is 181 g/mol. The monoisotopic (exact) mass is 193 g/mol. The summed E-state index contributed by atoms with van der Waals surface area (Å²) < 4.78 is 17.9. The van der Waals surface area contributed by atoms with E-state index in [0.29, 0.717) is 5.76 Å². The van der Waals surface area contributed by atoms with Crippen LogP contribution in [0.3, 0.4) is 0 Å². The third-order valence-corrected chi connectivity index (χ3v) is 2.38. The zero-order chi connectivity index (χ0) is 10.1. The number of hydrogen-bond acceptors (Lipinski definition) is 2. The summed E-state index contributed by atoms with van der Waals surface area (Å²) in [6, 6.07) is 6.97. The van der Waals surface area contributed by atoms with Crippen molar-refractivity contribution in [3.05, 3.63) is 35.6 Å². The molecule has 0 aliphatic rings. The molecule has 14 heavy (non-hydrogen) atoms. The van der Waals surface area contributed by atoms with E-state index in [2.05, 4.69) is 0 Å². The predicted octanol–water partition coefficient (Wildman–Crippen LogP) is 2.71. The van der Waals surface area contributed by atoms with Gasteiger partial charge in [-0.1, -0.05) is 18.2 Å². The van der Waals surface area contributed by atoms with E-state index < -0.39 is 12.7 Å². The van der Waals surface area contributed by atoms with Gasteiger partial charge in [0.05, 0.1) is 6.04 Å². The average molecular weight is 193 g/mol. The standard InChI is InChI=1S/C11H12FNO/c1-7-8-4-2-3-5-10(8)14-11(7)9(13)6-12/h2-5,9H,6,13H2,1H3. The Balaban J connectivity index is 2.62. The van der Waals surface area contributed by atoms with Gasteiger partial charge in [0.15, 0.2) is 0 Å². The molecule has 1 aromatic carbocycles. The molecule has 0 fully saturated rings. The molecule has 1 aromatic heterocycles. The lowest BCUT2D eigenvalue weighted by atomic mass is 10.1. The number of halogens is 1. The third-order valence-electron chi connectivity index (χ3n) is 2.38. The van der Waals surface area contributed by atoms with Crippen molar-refractivity contribution in [2.24, 2.45) is 5.73 Å². The highest BCUT2D eigenvalue weighted by atomic mass is 19.1. The Morgan fingerprint density at radius 2 is 2.14 bits per heavy atom. The van der Waals surface area contributed by atoms with Crippen molar-refractivity contribution in [1.82, 2.24) is 0 Å². The van der Waals surface area contributed by atoms with Gasteiger partial charge in [-0.15, -0.1) is 0 Å². The Morgan fingerprint density at radius 1 is 1.43 bits per heavy atom. The summed E-state index contributed by atoms with van der Waals surface area (Å²) >= 11 is 0. The Labute approximate surface area is 81.5 Å². The summed E-state index contributed by atoms with van der Waals surface area (Å²) in [7, 11) is 0. The number of nitrogens with two attached hydrogens (primary N) is 1. The van der Waals surface area contributed by atoms with Crippen LogP contribution in [0.5, 0.6) is 0 Å². The molecule has 1 unspecified atom stereocenters. The molecule has 0 radical (unpaired) electrons. The van der Waals surface area contributed by atoms with Gasteiger partial charge in [0.1, 0.15) is 18.0 Å². The maximum Gasteiger partial charge on any atom is 0.134 e. The maximum absolute atomic E-state index is 12.4. The van der Waals surface area contributed by atoms with Gasteiger partial charge < -0.3 is 10.2 Å². The van der Waals surface area contributed by atoms with E-state index in [0.717, 1.165) is 16.5 Å². The second-order valence-electron chi connectivity index (χ2n) is 3.35. The first-order chi connectivity index (χ1) is 6.74. The second kappa shape index (κ2) is 3.42. The Hall–Kier alpha value is -1.35. The molecule has 1 atom stereocenters. The van der Waals surface area contributed by atoms with Crippen LogP contribution in [0.4, 0.5) is 4.39 Å². The van der Waals surface area contributed by atoms with Gasteiger partial charge in [-0.25, -0.2) is 4.39 Å². The predicted molar refractivity (Wildman–Crippen MR) is 53.9 cm³/mol. The van der Waals surface area contributed by atoms with E-state index in [-0.39, 0.29) is 0 Å². The summed E-state index contributed by atoms with van der Waals surface area (Å²) in [5.74, 6) is 0.550. The third kappa shape index (κ3) is 1.30. The number of fused-ring (bicyclic) bond motifs is 1. The quantitative estimate of drug-likeness (QED) is 0.796. The first-order valence-corrected chi connectivity index (χ1v) is 4.53. The van der Waals surface area contributed by atoms with Crippen LogP contribution in [0.1, 0.15) is 17.4 Å². The Kier molecular flexibility index (Phi) is 2.25.